The first kappa shape index (κ1) is 26.9. The van der Waals surface area contributed by atoms with Crippen molar-refractivity contribution in [2.24, 2.45) is 5.92 Å². The quantitative estimate of drug-likeness (QED) is 0.260. The van der Waals surface area contributed by atoms with E-state index < -0.39 is 5.92 Å². The summed E-state index contributed by atoms with van der Waals surface area (Å²) in [6, 6.07) is 24.4. The highest BCUT2D eigenvalue weighted by Crippen LogP contribution is 2.37. The van der Waals surface area contributed by atoms with Crippen molar-refractivity contribution in [3.63, 3.8) is 0 Å². The van der Waals surface area contributed by atoms with E-state index in [4.69, 9.17) is 9.47 Å². The number of methoxy groups -OCH3 is 1. The fraction of sp³-hybridized carbons (Fsp3) is 0.250. The summed E-state index contributed by atoms with van der Waals surface area (Å²) in [5.74, 6) is 0.820. The number of aromatic nitrogens is 4. The first-order chi connectivity index (χ1) is 19.3. The van der Waals surface area contributed by atoms with E-state index in [9.17, 15) is 9.59 Å². The van der Waals surface area contributed by atoms with Crippen LogP contribution >= 0.6 is 0 Å². The van der Waals surface area contributed by atoms with Crippen molar-refractivity contribution >= 4 is 0 Å². The van der Waals surface area contributed by atoms with E-state index in [1.165, 1.54) is 9.36 Å². The number of nitrogens with one attached hydrogen (secondary N) is 2. The zero-order valence-corrected chi connectivity index (χ0v) is 23.4. The molecule has 0 saturated carbocycles. The number of hydrogen-bond donors (Lipinski definition) is 2. The summed E-state index contributed by atoms with van der Waals surface area (Å²) in [5.41, 5.74) is 4.03. The van der Waals surface area contributed by atoms with Crippen molar-refractivity contribution in [3.05, 3.63) is 128 Å². The maximum Gasteiger partial charge on any atom is 0.275 e. The molecule has 0 spiro atoms. The third-order valence-corrected chi connectivity index (χ3v) is 6.93. The molecule has 0 aliphatic heterocycles. The molecule has 8 heteroatoms. The van der Waals surface area contributed by atoms with Crippen LogP contribution < -0.4 is 20.6 Å². The molecule has 0 aliphatic carbocycles. The van der Waals surface area contributed by atoms with Crippen LogP contribution in [0.25, 0.3) is 11.4 Å². The third kappa shape index (κ3) is 5.00. The van der Waals surface area contributed by atoms with Gasteiger partial charge in [-0.1, -0.05) is 56.3 Å². The van der Waals surface area contributed by atoms with Gasteiger partial charge in [0.25, 0.3) is 11.1 Å². The van der Waals surface area contributed by atoms with E-state index in [1.54, 1.807) is 7.11 Å². The zero-order valence-electron chi connectivity index (χ0n) is 23.4. The van der Waals surface area contributed by atoms with E-state index in [0.717, 1.165) is 5.56 Å². The summed E-state index contributed by atoms with van der Waals surface area (Å²) in [5, 5.41) is 6.46. The van der Waals surface area contributed by atoms with Gasteiger partial charge in [0.1, 0.15) is 0 Å². The minimum absolute atomic E-state index is 0.223. The lowest BCUT2D eigenvalue weighted by molar-refractivity contribution is 0.257. The number of rotatable bonds is 9. The van der Waals surface area contributed by atoms with Gasteiger partial charge in [0, 0.05) is 17.3 Å². The molecule has 2 heterocycles. The molecule has 0 fully saturated rings. The number of aromatic amines is 2. The second-order valence-corrected chi connectivity index (χ2v) is 10.3. The van der Waals surface area contributed by atoms with Crippen LogP contribution in [0.3, 0.4) is 0 Å². The van der Waals surface area contributed by atoms with Gasteiger partial charge < -0.3 is 9.47 Å². The number of nitrogens with zero attached hydrogens (tertiary/aromatic N) is 2. The standard InChI is InChI=1S/C32H34N4O4/c1-20(2)19-40-26-17-16-23(18-27(26)39-5)30(28-21(3)33-35(31(28)37)24-12-8-6-9-13-24)29-22(4)34-36(32(29)38)25-14-10-7-11-15-25/h6-18,20,30,33-34H,19H2,1-5H3. The van der Waals surface area contributed by atoms with Gasteiger partial charge in [-0.25, -0.2) is 9.36 Å². The predicted octanol–water partition coefficient (Wildman–Crippen LogP) is 5.49. The second-order valence-electron chi connectivity index (χ2n) is 10.3. The molecule has 2 N–H and O–H groups in total. The largest absolute Gasteiger partial charge is 0.493 e. The third-order valence-electron chi connectivity index (χ3n) is 6.93. The molecule has 0 atom stereocenters. The molecule has 0 saturated heterocycles. The van der Waals surface area contributed by atoms with Gasteiger partial charge >= 0.3 is 0 Å². The molecule has 0 unspecified atom stereocenters. The average Bonchev–Trinajstić information content (AvgIpc) is 3.43. The molecule has 2 aromatic heterocycles. The molecule has 0 radical (unpaired) electrons. The highest BCUT2D eigenvalue weighted by molar-refractivity contribution is 5.52. The van der Waals surface area contributed by atoms with Gasteiger partial charge in [-0.15, -0.1) is 0 Å². The van der Waals surface area contributed by atoms with Crippen molar-refractivity contribution in [1.29, 1.82) is 0 Å². The Morgan fingerprint density at radius 3 is 1.68 bits per heavy atom. The second kappa shape index (κ2) is 11.2. The number of para-hydroxylation sites is 2. The Kier molecular flexibility index (Phi) is 7.51. The van der Waals surface area contributed by atoms with Gasteiger partial charge in [0.15, 0.2) is 11.5 Å². The van der Waals surface area contributed by atoms with Crippen LogP contribution in [0.1, 0.15) is 47.8 Å². The summed E-state index contributed by atoms with van der Waals surface area (Å²) >= 11 is 0. The number of hydrogen-bond acceptors (Lipinski definition) is 4. The van der Waals surface area contributed by atoms with E-state index in [0.29, 0.717) is 57.9 Å². The smallest absolute Gasteiger partial charge is 0.275 e. The Morgan fingerprint density at radius 1 is 0.725 bits per heavy atom. The van der Waals surface area contributed by atoms with E-state index >= 15 is 0 Å². The molecule has 3 aromatic carbocycles. The highest BCUT2D eigenvalue weighted by atomic mass is 16.5. The van der Waals surface area contributed by atoms with Crippen LogP contribution in [0, 0.1) is 19.8 Å². The number of aryl methyl sites for hydroxylation is 2. The summed E-state index contributed by atoms with van der Waals surface area (Å²) in [6.07, 6.45) is 0. The van der Waals surface area contributed by atoms with Crippen LogP contribution in [0.5, 0.6) is 11.5 Å². The molecule has 5 rings (SSSR count). The Labute approximate surface area is 232 Å². The van der Waals surface area contributed by atoms with Crippen molar-refractivity contribution in [3.8, 4) is 22.9 Å². The minimum atomic E-state index is -0.671. The molecular weight excluding hydrogens is 504 g/mol. The van der Waals surface area contributed by atoms with Crippen LogP contribution in [-0.2, 0) is 0 Å². The van der Waals surface area contributed by atoms with Crippen LogP contribution in [0.2, 0.25) is 0 Å². The summed E-state index contributed by atoms with van der Waals surface area (Å²) in [6.45, 7) is 8.42. The lowest BCUT2D eigenvalue weighted by Crippen LogP contribution is -2.25. The predicted molar refractivity (Wildman–Crippen MR) is 157 cm³/mol. The van der Waals surface area contributed by atoms with Crippen molar-refractivity contribution in [2.75, 3.05) is 13.7 Å². The molecule has 0 bridgehead atoms. The van der Waals surface area contributed by atoms with E-state index in [-0.39, 0.29) is 11.1 Å². The van der Waals surface area contributed by atoms with Crippen LogP contribution in [-0.4, -0.2) is 33.3 Å². The Balaban J connectivity index is 1.74. The SMILES string of the molecule is COc1cc(C(c2c(C)[nH]n(-c3ccccc3)c2=O)c2c(C)[nH]n(-c3ccccc3)c2=O)ccc1OCC(C)C. The average molecular weight is 539 g/mol. The number of benzene rings is 3. The van der Waals surface area contributed by atoms with Crippen molar-refractivity contribution in [1.82, 2.24) is 19.6 Å². The van der Waals surface area contributed by atoms with E-state index in [1.807, 2.05) is 92.7 Å². The number of H-pyrrole nitrogens is 2. The van der Waals surface area contributed by atoms with Gasteiger partial charge in [-0.2, -0.15) is 0 Å². The molecule has 40 heavy (non-hydrogen) atoms. The fourth-order valence-electron chi connectivity index (χ4n) is 5.03. The van der Waals surface area contributed by atoms with Crippen molar-refractivity contribution in [2.45, 2.75) is 33.6 Å². The topological polar surface area (TPSA) is 94.0 Å². The van der Waals surface area contributed by atoms with Gasteiger partial charge in [0.05, 0.1) is 36.2 Å². The molecule has 206 valence electrons. The molecular formula is C32H34N4O4. The lowest BCUT2D eigenvalue weighted by Gasteiger charge is -2.19. The Bertz CT molecular complexity index is 1630. The normalized spacial score (nSPS) is 11.4. The Morgan fingerprint density at radius 2 is 1.23 bits per heavy atom. The maximum atomic E-state index is 14.0. The molecule has 0 amide bonds. The van der Waals surface area contributed by atoms with Gasteiger partial charge in [-0.3, -0.25) is 19.8 Å². The van der Waals surface area contributed by atoms with Gasteiger partial charge in [-0.05, 0) is 61.7 Å². The maximum absolute atomic E-state index is 14.0. The molecule has 5 aromatic rings. The summed E-state index contributed by atoms with van der Waals surface area (Å²) < 4.78 is 14.7. The zero-order chi connectivity index (χ0) is 28.4. The van der Waals surface area contributed by atoms with Gasteiger partial charge in [0.2, 0.25) is 0 Å². The first-order valence-electron chi connectivity index (χ1n) is 13.3. The first-order valence-corrected chi connectivity index (χ1v) is 13.3. The molecule has 0 aliphatic rings. The van der Waals surface area contributed by atoms with Crippen LogP contribution in [0.4, 0.5) is 0 Å². The Hall–Kier alpha value is -4.72. The minimum Gasteiger partial charge on any atom is -0.493 e. The van der Waals surface area contributed by atoms with Crippen LogP contribution in [0.15, 0.2) is 88.5 Å². The fourth-order valence-corrected chi connectivity index (χ4v) is 5.03. The number of ether oxygens (including phenoxy) is 2. The van der Waals surface area contributed by atoms with E-state index in [2.05, 4.69) is 24.0 Å². The summed E-state index contributed by atoms with van der Waals surface area (Å²) in [4.78, 5) is 28.1. The molecule has 8 nitrogen and oxygen atoms in total. The monoisotopic (exact) mass is 538 g/mol. The summed E-state index contributed by atoms with van der Waals surface area (Å²) in [7, 11) is 1.59. The lowest BCUT2D eigenvalue weighted by atomic mass is 9.85. The van der Waals surface area contributed by atoms with Crippen molar-refractivity contribution < 1.29 is 9.47 Å². The highest BCUT2D eigenvalue weighted by Gasteiger charge is 2.31.